The molecule has 0 amide bonds. The lowest BCUT2D eigenvalue weighted by Gasteiger charge is -2.27. The lowest BCUT2D eigenvalue weighted by molar-refractivity contribution is 0.0585. The van der Waals surface area contributed by atoms with Crippen LogP contribution in [0.25, 0.3) is 0 Å². The predicted molar refractivity (Wildman–Crippen MR) is 77.3 cm³/mol. The van der Waals surface area contributed by atoms with Gasteiger partial charge in [0.15, 0.2) is 0 Å². The molecule has 0 heterocycles. The summed E-state index contributed by atoms with van der Waals surface area (Å²) in [6.07, 6.45) is 8.80. The van der Waals surface area contributed by atoms with Gasteiger partial charge in [-0.1, -0.05) is 18.9 Å². The van der Waals surface area contributed by atoms with Gasteiger partial charge < -0.3 is 9.47 Å². The van der Waals surface area contributed by atoms with Crippen molar-refractivity contribution in [3.63, 3.8) is 0 Å². The molecule has 2 saturated carbocycles. The maximum atomic E-state index is 11.9. The molecule has 1 aromatic carbocycles. The fraction of sp³-hybridized carbons (Fsp3) is 0.588. The minimum absolute atomic E-state index is 0.275. The summed E-state index contributed by atoms with van der Waals surface area (Å²) in [7, 11) is 1.42. The average molecular weight is 274 g/mol. The molecule has 0 aromatic heterocycles. The first-order chi connectivity index (χ1) is 9.78. The van der Waals surface area contributed by atoms with Crippen LogP contribution in [0.15, 0.2) is 18.2 Å². The molecule has 2 aliphatic carbocycles. The number of carbonyl (C=O) groups excluding carboxylic acids is 1. The van der Waals surface area contributed by atoms with Crippen molar-refractivity contribution in [3.05, 3.63) is 29.3 Å². The van der Waals surface area contributed by atoms with Crippen LogP contribution < -0.4 is 4.74 Å². The highest BCUT2D eigenvalue weighted by molar-refractivity contribution is 5.92. The van der Waals surface area contributed by atoms with E-state index in [-0.39, 0.29) is 12.1 Å². The molecule has 0 aliphatic heterocycles. The highest BCUT2D eigenvalue weighted by Crippen LogP contribution is 2.37. The van der Waals surface area contributed by atoms with E-state index in [9.17, 15) is 4.79 Å². The van der Waals surface area contributed by atoms with Gasteiger partial charge in [0, 0.05) is 0 Å². The van der Waals surface area contributed by atoms with E-state index in [2.05, 4.69) is 12.1 Å². The number of rotatable bonds is 4. The molecule has 3 nitrogen and oxygen atoms in total. The maximum Gasteiger partial charge on any atom is 0.341 e. The van der Waals surface area contributed by atoms with Crippen LogP contribution in [0, 0.1) is 0 Å². The molecule has 2 fully saturated rings. The van der Waals surface area contributed by atoms with Crippen molar-refractivity contribution in [2.24, 2.45) is 0 Å². The lowest BCUT2D eigenvalue weighted by Crippen LogP contribution is -2.25. The minimum atomic E-state index is -0.308. The highest BCUT2D eigenvalue weighted by atomic mass is 16.5. The van der Waals surface area contributed by atoms with Crippen LogP contribution in [-0.4, -0.2) is 19.2 Å². The van der Waals surface area contributed by atoms with Gasteiger partial charge >= 0.3 is 5.97 Å². The SMILES string of the molecule is COC(=O)c1ccc(C2CCCC2)cc1OC1CCC1. The molecule has 0 saturated heterocycles. The molecule has 108 valence electrons. The van der Waals surface area contributed by atoms with E-state index in [0.717, 1.165) is 12.8 Å². The van der Waals surface area contributed by atoms with E-state index in [4.69, 9.17) is 9.47 Å². The van der Waals surface area contributed by atoms with Gasteiger partial charge in [-0.25, -0.2) is 4.79 Å². The van der Waals surface area contributed by atoms with Crippen LogP contribution in [-0.2, 0) is 4.74 Å². The standard InChI is InChI=1S/C17H22O3/c1-19-17(18)15-10-9-13(12-5-2-3-6-12)11-16(15)20-14-7-4-8-14/h9-12,14H,2-8H2,1H3. The maximum absolute atomic E-state index is 11.9. The van der Waals surface area contributed by atoms with E-state index >= 15 is 0 Å². The monoisotopic (exact) mass is 274 g/mol. The van der Waals surface area contributed by atoms with Gasteiger partial charge in [0.25, 0.3) is 0 Å². The topological polar surface area (TPSA) is 35.5 Å². The quantitative estimate of drug-likeness (QED) is 0.777. The minimum Gasteiger partial charge on any atom is -0.490 e. The van der Waals surface area contributed by atoms with Crippen LogP contribution in [0.4, 0.5) is 0 Å². The van der Waals surface area contributed by atoms with Gasteiger partial charge in [0.2, 0.25) is 0 Å². The molecule has 20 heavy (non-hydrogen) atoms. The Bertz CT molecular complexity index is 485. The zero-order chi connectivity index (χ0) is 13.9. The number of ether oxygens (including phenoxy) is 2. The van der Waals surface area contributed by atoms with Crippen LogP contribution in [0.3, 0.4) is 0 Å². The van der Waals surface area contributed by atoms with Crippen molar-refractivity contribution in [3.8, 4) is 5.75 Å². The summed E-state index contributed by atoms with van der Waals surface area (Å²) in [6, 6.07) is 6.00. The Balaban J connectivity index is 1.87. The van der Waals surface area contributed by atoms with Crippen molar-refractivity contribution in [2.45, 2.75) is 57.0 Å². The van der Waals surface area contributed by atoms with Crippen LogP contribution in [0.5, 0.6) is 5.75 Å². The average Bonchev–Trinajstić information content (AvgIpc) is 2.96. The molecule has 1 aromatic rings. The van der Waals surface area contributed by atoms with Gasteiger partial charge in [-0.3, -0.25) is 0 Å². The van der Waals surface area contributed by atoms with Gasteiger partial charge in [-0.15, -0.1) is 0 Å². The van der Waals surface area contributed by atoms with E-state index in [1.807, 2.05) is 6.07 Å². The molecule has 2 aliphatic rings. The summed E-state index contributed by atoms with van der Waals surface area (Å²) in [4.78, 5) is 11.9. The predicted octanol–water partition coefficient (Wildman–Crippen LogP) is 4.06. The molecule has 3 rings (SSSR count). The second-order valence-electron chi connectivity index (χ2n) is 5.90. The number of benzene rings is 1. The van der Waals surface area contributed by atoms with E-state index in [1.54, 1.807) is 0 Å². The normalized spacial score (nSPS) is 19.6. The Morgan fingerprint density at radius 2 is 1.85 bits per heavy atom. The molecule has 0 unspecified atom stereocenters. The van der Waals surface area contributed by atoms with Gasteiger partial charge in [0.1, 0.15) is 11.3 Å². The molecule has 0 bridgehead atoms. The Kier molecular flexibility index (Phi) is 3.95. The third kappa shape index (κ3) is 2.67. The lowest BCUT2D eigenvalue weighted by atomic mass is 9.94. The molecular formula is C17H22O3. The van der Waals surface area contributed by atoms with Crippen molar-refractivity contribution < 1.29 is 14.3 Å². The first kappa shape index (κ1) is 13.5. The third-order valence-electron chi connectivity index (χ3n) is 4.58. The first-order valence-electron chi connectivity index (χ1n) is 7.67. The van der Waals surface area contributed by atoms with Gasteiger partial charge in [-0.05, 0) is 55.7 Å². The summed E-state index contributed by atoms with van der Waals surface area (Å²) in [5.41, 5.74) is 1.87. The van der Waals surface area contributed by atoms with Crippen LogP contribution >= 0.6 is 0 Å². The Labute approximate surface area is 120 Å². The third-order valence-corrected chi connectivity index (χ3v) is 4.58. The number of hydrogen-bond donors (Lipinski definition) is 0. The highest BCUT2D eigenvalue weighted by Gasteiger charge is 2.24. The summed E-state index contributed by atoms with van der Waals surface area (Å²) < 4.78 is 10.9. The van der Waals surface area contributed by atoms with E-state index in [1.165, 1.54) is 44.8 Å². The zero-order valence-corrected chi connectivity index (χ0v) is 12.1. The van der Waals surface area contributed by atoms with Crippen LogP contribution in [0.1, 0.15) is 66.8 Å². The second kappa shape index (κ2) is 5.86. The molecular weight excluding hydrogens is 252 g/mol. The second-order valence-corrected chi connectivity index (χ2v) is 5.90. The Morgan fingerprint density at radius 1 is 1.10 bits per heavy atom. The summed E-state index contributed by atoms with van der Waals surface area (Å²) in [6.45, 7) is 0. The van der Waals surface area contributed by atoms with Crippen molar-refractivity contribution in [1.29, 1.82) is 0 Å². The molecule has 0 N–H and O–H groups in total. The van der Waals surface area contributed by atoms with Gasteiger partial charge in [0.05, 0.1) is 13.2 Å². The van der Waals surface area contributed by atoms with Crippen molar-refractivity contribution in [2.75, 3.05) is 7.11 Å². The Hall–Kier alpha value is -1.51. The zero-order valence-electron chi connectivity index (χ0n) is 12.1. The van der Waals surface area contributed by atoms with E-state index in [0.29, 0.717) is 17.2 Å². The number of hydrogen-bond acceptors (Lipinski definition) is 3. The van der Waals surface area contributed by atoms with E-state index < -0.39 is 0 Å². The molecule has 0 radical (unpaired) electrons. The molecule has 3 heteroatoms. The largest absolute Gasteiger partial charge is 0.490 e. The fourth-order valence-corrected chi connectivity index (χ4v) is 3.10. The summed E-state index contributed by atoms with van der Waals surface area (Å²) >= 11 is 0. The smallest absolute Gasteiger partial charge is 0.341 e. The van der Waals surface area contributed by atoms with Crippen molar-refractivity contribution >= 4 is 5.97 Å². The van der Waals surface area contributed by atoms with Crippen LogP contribution in [0.2, 0.25) is 0 Å². The number of methoxy groups -OCH3 is 1. The number of esters is 1. The molecule has 0 spiro atoms. The molecule has 0 atom stereocenters. The fourth-order valence-electron chi connectivity index (χ4n) is 3.10. The summed E-state index contributed by atoms with van der Waals surface area (Å²) in [5, 5.41) is 0. The van der Waals surface area contributed by atoms with Gasteiger partial charge in [-0.2, -0.15) is 0 Å². The Morgan fingerprint density at radius 3 is 2.45 bits per heavy atom. The summed E-state index contributed by atoms with van der Waals surface area (Å²) in [5.74, 6) is 1.04. The first-order valence-corrected chi connectivity index (χ1v) is 7.67. The number of carbonyl (C=O) groups is 1. The van der Waals surface area contributed by atoms with Crippen molar-refractivity contribution in [1.82, 2.24) is 0 Å².